The van der Waals surface area contributed by atoms with Crippen molar-refractivity contribution in [3.63, 3.8) is 0 Å². The average molecular weight is 290 g/mol. The van der Waals surface area contributed by atoms with Crippen LogP contribution in [-0.2, 0) is 4.74 Å². The first-order valence-corrected chi connectivity index (χ1v) is 7.91. The van der Waals surface area contributed by atoms with Gasteiger partial charge in [-0.1, -0.05) is 13.0 Å². The van der Waals surface area contributed by atoms with E-state index in [4.69, 9.17) is 4.74 Å². The van der Waals surface area contributed by atoms with E-state index >= 15 is 0 Å². The molecule has 1 aliphatic rings. The molecule has 116 valence electrons. The summed E-state index contributed by atoms with van der Waals surface area (Å²) < 4.78 is 5.72. The summed E-state index contributed by atoms with van der Waals surface area (Å²) in [5.74, 6) is -0.0148. The molecule has 1 saturated heterocycles. The second kappa shape index (κ2) is 7.46. The molecule has 1 aliphatic heterocycles. The molecular formula is C17H26N2O2. The zero-order valence-corrected chi connectivity index (χ0v) is 13.2. The zero-order chi connectivity index (χ0) is 15.2. The first-order chi connectivity index (χ1) is 10.1. The van der Waals surface area contributed by atoms with Crippen molar-refractivity contribution in [3.8, 4) is 0 Å². The lowest BCUT2D eigenvalue weighted by molar-refractivity contribution is 0.00924. The maximum absolute atomic E-state index is 11.9. The van der Waals surface area contributed by atoms with Crippen LogP contribution in [0.4, 0.5) is 5.69 Å². The van der Waals surface area contributed by atoms with E-state index in [9.17, 15) is 4.79 Å². The van der Waals surface area contributed by atoms with Crippen LogP contribution >= 0.6 is 0 Å². The van der Waals surface area contributed by atoms with Crippen molar-refractivity contribution in [1.29, 1.82) is 0 Å². The van der Waals surface area contributed by atoms with E-state index in [1.165, 1.54) is 5.56 Å². The Morgan fingerprint density at radius 3 is 2.90 bits per heavy atom. The minimum absolute atomic E-state index is 0.0148. The van der Waals surface area contributed by atoms with Gasteiger partial charge in [0.15, 0.2) is 0 Å². The molecule has 4 heteroatoms. The van der Waals surface area contributed by atoms with Crippen LogP contribution in [-0.4, -0.2) is 31.2 Å². The molecule has 0 radical (unpaired) electrons. The Kier molecular flexibility index (Phi) is 5.62. The molecule has 21 heavy (non-hydrogen) atoms. The highest BCUT2D eigenvalue weighted by Gasteiger charge is 2.21. The van der Waals surface area contributed by atoms with Gasteiger partial charge in [0.05, 0.1) is 6.10 Å². The molecule has 2 rings (SSSR count). The monoisotopic (exact) mass is 290 g/mol. The minimum atomic E-state index is -0.0148. The fraction of sp³-hybridized carbons (Fsp3) is 0.588. The second-order valence-corrected chi connectivity index (χ2v) is 5.66. The number of carbonyl (C=O) groups excluding carboxylic acids is 1. The highest BCUT2D eigenvalue weighted by molar-refractivity contribution is 5.95. The Hall–Kier alpha value is -1.55. The van der Waals surface area contributed by atoms with Gasteiger partial charge < -0.3 is 15.4 Å². The van der Waals surface area contributed by atoms with Gasteiger partial charge >= 0.3 is 0 Å². The molecule has 1 heterocycles. The molecule has 0 aliphatic carbocycles. The summed E-state index contributed by atoms with van der Waals surface area (Å²) >= 11 is 0. The Morgan fingerprint density at radius 1 is 1.38 bits per heavy atom. The summed E-state index contributed by atoms with van der Waals surface area (Å²) in [5.41, 5.74) is 2.94. The quantitative estimate of drug-likeness (QED) is 0.876. The molecule has 2 N–H and O–H groups in total. The smallest absolute Gasteiger partial charge is 0.251 e. The number of anilines is 1. The van der Waals surface area contributed by atoms with E-state index in [0.717, 1.165) is 31.6 Å². The van der Waals surface area contributed by atoms with E-state index in [-0.39, 0.29) is 5.91 Å². The number of nitrogens with one attached hydrogen (secondary N) is 2. The van der Waals surface area contributed by atoms with Gasteiger partial charge in [-0.25, -0.2) is 0 Å². The molecule has 1 aromatic rings. The van der Waals surface area contributed by atoms with Crippen LogP contribution in [0, 0.1) is 6.92 Å². The number of benzene rings is 1. The van der Waals surface area contributed by atoms with Gasteiger partial charge in [0, 0.05) is 30.4 Å². The van der Waals surface area contributed by atoms with Crippen molar-refractivity contribution < 1.29 is 9.53 Å². The SMILES string of the molecule is CCNC(=O)c1ccc(C)c(NC2CCOC(CC)C2)c1. The second-order valence-electron chi connectivity index (χ2n) is 5.66. The largest absolute Gasteiger partial charge is 0.382 e. The molecule has 1 amide bonds. The zero-order valence-electron chi connectivity index (χ0n) is 13.2. The first kappa shape index (κ1) is 15.8. The molecule has 0 saturated carbocycles. The molecule has 2 atom stereocenters. The summed E-state index contributed by atoms with van der Waals surface area (Å²) in [5, 5.41) is 6.43. The standard InChI is InChI=1S/C17H26N2O2/c1-4-15-11-14(8-9-21-15)19-16-10-13(7-6-12(16)3)17(20)18-5-2/h6-7,10,14-15,19H,4-5,8-9,11H2,1-3H3,(H,18,20). The van der Waals surface area contributed by atoms with Crippen LogP contribution < -0.4 is 10.6 Å². The number of hydrogen-bond acceptors (Lipinski definition) is 3. The Labute approximate surface area is 127 Å². The van der Waals surface area contributed by atoms with Gasteiger partial charge in [0.2, 0.25) is 0 Å². The molecule has 0 bridgehead atoms. The maximum atomic E-state index is 11.9. The van der Waals surface area contributed by atoms with Crippen molar-refractivity contribution in [2.24, 2.45) is 0 Å². The van der Waals surface area contributed by atoms with Gasteiger partial charge in [0.25, 0.3) is 5.91 Å². The molecule has 4 nitrogen and oxygen atoms in total. The Balaban J connectivity index is 2.08. The van der Waals surface area contributed by atoms with Gasteiger partial charge in [0.1, 0.15) is 0 Å². The molecule has 0 aromatic heterocycles. The van der Waals surface area contributed by atoms with Crippen LogP contribution in [0.1, 0.15) is 49.0 Å². The van der Waals surface area contributed by atoms with Crippen LogP contribution in [0.2, 0.25) is 0 Å². The number of amides is 1. The number of aryl methyl sites for hydroxylation is 1. The Bertz CT molecular complexity index is 488. The number of ether oxygens (including phenoxy) is 1. The van der Waals surface area contributed by atoms with Crippen molar-refractivity contribution in [3.05, 3.63) is 29.3 Å². The molecule has 1 aromatic carbocycles. The van der Waals surface area contributed by atoms with Gasteiger partial charge in [-0.05, 0) is 50.8 Å². The van der Waals surface area contributed by atoms with E-state index < -0.39 is 0 Å². The number of hydrogen-bond donors (Lipinski definition) is 2. The number of carbonyl (C=O) groups is 1. The third kappa shape index (κ3) is 4.21. The fourth-order valence-corrected chi connectivity index (χ4v) is 2.70. The molecule has 1 fully saturated rings. The first-order valence-electron chi connectivity index (χ1n) is 7.91. The Morgan fingerprint density at radius 2 is 2.19 bits per heavy atom. The predicted octanol–water partition coefficient (Wildman–Crippen LogP) is 3.11. The lowest BCUT2D eigenvalue weighted by Crippen LogP contribution is -2.34. The third-order valence-electron chi connectivity index (χ3n) is 4.02. The van der Waals surface area contributed by atoms with Gasteiger partial charge in [-0.15, -0.1) is 0 Å². The maximum Gasteiger partial charge on any atom is 0.251 e. The highest BCUT2D eigenvalue weighted by Crippen LogP contribution is 2.23. The molecule has 0 spiro atoms. The third-order valence-corrected chi connectivity index (χ3v) is 4.02. The number of rotatable bonds is 5. The summed E-state index contributed by atoms with van der Waals surface area (Å²) in [4.78, 5) is 11.9. The topological polar surface area (TPSA) is 50.4 Å². The van der Waals surface area contributed by atoms with Crippen LogP contribution in [0.25, 0.3) is 0 Å². The van der Waals surface area contributed by atoms with Gasteiger partial charge in [-0.2, -0.15) is 0 Å². The van der Waals surface area contributed by atoms with Crippen molar-refractivity contribution in [2.45, 2.75) is 52.2 Å². The normalized spacial score (nSPS) is 21.9. The fourth-order valence-electron chi connectivity index (χ4n) is 2.70. The van der Waals surface area contributed by atoms with E-state index in [0.29, 0.717) is 24.3 Å². The van der Waals surface area contributed by atoms with Crippen LogP contribution in [0.3, 0.4) is 0 Å². The highest BCUT2D eigenvalue weighted by atomic mass is 16.5. The van der Waals surface area contributed by atoms with E-state index in [1.807, 2.05) is 25.1 Å². The van der Waals surface area contributed by atoms with E-state index in [2.05, 4.69) is 24.5 Å². The van der Waals surface area contributed by atoms with E-state index in [1.54, 1.807) is 0 Å². The summed E-state index contributed by atoms with van der Waals surface area (Å²) in [6, 6.07) is 6.26. The lowest BCUT2D eigenvalue weighted by atomic mass is 10.0. The average Bonchev–Trinajstić information content (AvgIpc) is 2.50. The van der Waals surface area contributed by atoms with Crippen LogP contribution in [0.5, 0.6) is 0 Å². The van der Waals surface area contributed by atoms with Crippen molar-refractivity contribution in [1.82, 2.24) is 5.32 Å². The van der Waals surface area contributed by atoms with Gasteiger partial charge in [-0.3, -0.25) is 4.79 Å². The summed E-state index contributed by atoms with van der Waals surface area (Å²) in [6.07, 6.45) is 3.45. The molecular weight excluding hydrogens is 264 g/mol. The summed E-state index contributed by atoms with van der Waals surface area (Å²) in [7, 11) is 0. The van der Waals surface area contributed by atoms with Crippen LogP contribution in [0.15, 0.2) is 18.2 Å². The minimum Gasteiger partial charge on any atom is -0.382 e. The predicted molar refractivity (Wildman–Crippen MR) is 85.9 cm³/mol. The van der Waals surface area contributed by atoms with Crippen molar-refractivity contribution >= 4 is 11.6 Å². The summed E-state index contributed by atoms with van der Waals surface area (Å²) in [6.45, 7) is 7.62. The lowest BCUT2D eigenvalue weighted by Gasteiger charge is -2.30. The molecule has 2 unspecified atom stereocenters. The van der Waals surface area contributed by atoms with Crippen molar-refractivity contribution in [2.75, 3.05) is 18.5 Å².